The predicted octanol–water partition coefficient (Wildman–Crippen LogP) is 4.72. The standard InChI is InChI=1S/C32H35N7O4S/c1-32(2,42)18-34-15-21-7-8-25-24(13-21)36-31(37-29(40)28-10-9-27(44-28)26-16-35-19-43-26)39(25)17-23-4-3-11-38(23)30(41)22(14-33)12-20-5-6-20/h7-10,12-13,16,19-20,23,34,42H,3-6,11,15,17-18H2,1-2H3,(H,36,37,40)/b22-12+/t23-/m1/s1. The lowest BCUT2D eigenvalue weighted by atomic mass is 10.1. The highest BCUT2D eigenvalue weighted by Crippen LogP contribution is 2.33. The van der Waals surface area contributed by atoms with Gasteiger partial charge in [0.05, 0.1) is 38.6 Å². The Morgan fingerprint density at radius 1 is 1.25 bits per heavy atom. The number of likely N-dealkylation sites (tertiary alicyclic amines) is 1. The van der Waals surface area contributed by atoms with Gasteiger partial charge in [0.25, 0.3) is 11.8 Å². The number of nitrogens with zero attached hydrogens (tertiary/aromatic N) is 5. The van der Waals surface area contributed by atoms with E-state index >= 15 is 0 Å². The van der Waals surface area contributed by atoms with Gasteiger partial charge in [0.15, 0.2) is 12.2 Å². The maximum Gasteiger partial charge on any atom is 0.268 e. The van der Waals surface area contributed by atoms with E-state index in [1.165, 1.54) is 17.7 Å². The number of nitriles is 1. The summed E-state index contributed by atoms with van der Waals surface area (Å²) in [6.07, 6.45) is 8.43. The Kier molecular flexibility index (Phi) is 8.35. The van der Waals surface area contributed by atoms with Gasteiger partial charge >= 0.3 is 0 Å². The quantitative estimate of drug-likeness (QED) is 0.163. The number of carbonyl (C=O) groups excluding carboxylic acids is 2. The van der Waals surface area contributed by atoms with E-state index in [-0.39, 0.29) is 23.4 Å². The first-order valence-electron chi connectivity index (χ1n) is 14.8. The Bertz CT molecular complexity index is 1740. The van der Waals surface area contributed by atoms with E-state index in [2.05, 4.69) is 21.7 Å². The summed E-state index contributed by atoms with van der Waals surface area (Å²) in [6.45, 7) is 5.48. The van der Waals surface area contributed by atoms with E-state index in [1.807, 2.05) is 34.9 Å². The van der Waals surface area contributed by atoms with Gasteiger partial charge in [-0.25, -0.2) is 9.97 Å². The van der Waals surface area contributed by atoms with Crippen molar-refractivity contribution in [2.75, 3.05) is 18.4 Å². The highest BCUT2D eigenvalue weighted by atomic mass is 32.1. The van der Waals surface area contributed by atoms with Crippen LogP contribution in [0.5, 0.6) is 0 Å². The second-order valence-corrected chi connectivity index (χ2v) is 13.2. The van der Waals surface area contributed by atoms with Crippen LogP contribution in [0.25, 0.3) is 21.7 Å². The van der Waals surface area contributed by atoms with Gasteiger partial charge in [-0.1, -0.05) is 12.1 Å². The first kappa shape index (κ1) is 29.7. The third-order valence-corrected chi connectivity index (χ3v) is 8.93. The molecule has 0 radical (unpaired) electrons. The molecule has 1 atom stereocenters. The Labute approximate surface area is 259 Å². The maximum absolute atomic E-state index is 13.4. The molecule has 2 amide bonds. The monoisotopic (exact) mass is 613 g/mol. The van der Waals surface area contributed by atoms with Crippen molar-refractivity contribution in [2.24, 2.45) is 5.92 Å². The molecule has 4 heterocycles. The van der Waals surface area contributed by atoms with Crippen molar-refractivity contribution in [1.82, 2.24) is 24.8 Å². The molecule has 11 nitrogen and oxygen atoms in total. The lowest BCUT2D eigenvalue weighted by molar-refractivity contribution is -0.127. The van der Waals surface area contributed by atoms with Crippen molar-refractivity contribution in [1.29, 1.82) is 5.26 Å². The Morgan fingerprint density at radius 2 is 2.09 bits per heavy atom. The van der Waals surface area contributed by atoms with Gasteiger partial charge < -0.3 is 24.3 Å². The Morgan fingerprint density at radius 3 is 2.82 bits per heavy atom. The molecule has 6 rings (SSSR count). The van der Waals surface area contributed by atoms with E-state index in [0.29, 0.717) is 54.2 Å². The molecule has 1 aliphatic heterocycles. The fourth-order valence-corrected chi connectivity index (χ4v) is 6.34. The zero-order valence-corrected chi connectivity index (χ0v) is 25.6. The average molecular weight is 614 g/mol. The van der Waals surface area contributed by atoms with Crippen molar-refractivity contribution in [3.05, 3.63) is 65.0 Å². The number of fused-ring (bicyclic) bond motifs is 1. The molecule has 44 heavy (non-hydrogen) atoms. The van der Waals surface area contributed by atoms with Gasteiger partial charge in [0.2, 0.25) is 5.95 Å². The lowest BCUT2D eigenvalue weighted by Crippen LogP contribution is -2.39. The SMILES string of the molecule is CC(C)(O)CNCc1ccc2c(c1)nc(NC(=O)c1ccc(-c3cnco3)s1)n2C[C@H]1CCCN1C(=O)/C(C#N)=C/C1CC1. The summed E-state index contributed by atoms with van der Waals surface area (Å²) in [6, 6.07) is 11.5. The van der Waals surface area contributed by atoms with Crippen molar-refractivity contribution >= 4 is 40.1 Å². The number of rotatable bonds is 11. The minimum Gasteiger partial charge on any atom is -0.443 e. The fourth-order valence-electron chi connectivity index (χ4n) is 5.48. The number of nitrogens with one attached hydrogen (secondary N) is 2. The van der Waals surface area contributed by atoms with Crippen LogP contribution < -0.4 is 10.6 Å². The molecular formula is C32H35N7O4S. The van der Waals surface area contributed by atoms with Crippen LogP contribution in [0.4, 0.5) is 5.95 Å². The molecule has 0 unspecified atom stereocenters. The summed E-state index contributed by atoms with van der Waals surface area (Å²) >= 11 is 1.30. The number of imidazole rings is 1. The van der Waals surface area contributed by atoms with Crippen LogP contribution in [-0.2, 0) is 17.9 Å². The van der Waals surface area contributed by atoms with Gasteiger partial charge in [0.1, 0.15) is 11.6 Å². The summed E-state index contributed by atoms with van der Waals surface area (Å²) in [5.74, 6) is 0.765. The molecule has 2 aliphatic rings. The molecule has 4 aromatic rings. The Hall–Kier alpha value is -4.31. The molecule has 3 aromatic heterocycles. The van der Waals surface area contributed by atoms with Crippen LogP contribution in [0.2, 0.25) is 0 Å². The average Bonchev–Trinajstić information content (AvgIpc) is 3.44. The smallest absolute Gasteiger partial charge is 0.268 e. The summed E-state index contributed by atoms with van der Waals surface area (Å²) in [5.41, 5.74) is 1.90. The van der Waals surface area contributed by atoms with E-state index in [1.54, 1.807) is 31.0 Å². The summed E-state index contributed by atoms with van der Waals surface area (Å²) < 4.78 is 7.33. The molecule has 1 saturated heterocycles. The minimum absolute atomic E-state index is 0.153. The number of aromatic nitrogens is 3. The predicted molar refractivity (Wildman–Crippen MR) is 167 cm³/mol. The third kappa shape index (κ3) is 6.75. The second-order valence-electron chi connectivity index (χ2n) is 12.1. The van der Waals surface area contributed by atoms with Gasteiger partial charge in [-0.15, -0.1) is 11.3 Å². The van der Waals surface area contributed by atoms with E-state index in [9.17, 15) is 20.0 Å². The minimum atomic E-state index is -0.831. The van der Waals surface area contributed by atoms with Crippen molar-refractivity contribution < 1.29 is 19.1 Å². The topological polar surface area (TPSA) is 149 Å². The fraction of sp³-hybridized carbons (Fsp3) is 0.406. The summed E-state index contributed by atoms with van der Waals surface area (Å²) in [7, 11) is 0. The van der Waals surface area contributed by atoms with Crippen LogP contribution >= 0.6 is 11.3 Å². The van der Waals surface area contributed by atoms with Crippen LogP contribution in [0.15, 0.2) is 59.0 Å². The van der Waals surface area contributed by atoms with E-state index in [0.717, 1.165) is 41.6 Å². The molecule has 1 aromatic carbocycles. The summed E-state index contributed by atoms with van der Waals surface area (Å²) in [5, 5.41) is 26.0. The first-order chi connectivity index (χ1) is 21.2. The van der Waals surface area contributed by atoms with Gasteiger partial charge in [-0.3, -0.25) is 14.9 Å². The zero-order valence-electron chi connectivity index (χ0n) is 24.7. The number of benzene rings is 1. The third-order valence-electron chi connectivity index (χ3n) is 7.84. The van der Waals surface area contributed by atoms with Gasteiger partial charge in [-0.2, -0.15) is 5.26 Å². The van der Waals surface area contributed by atoms with Crippen molar-refractivity contribution in [2.45, 2.75) is 64.3 Å². The maximum atomic E-state index is 13.4. The van der Waals surface area contributed by atoms with Crippen LogP contribution in [0.1, 0.15) is 54.8 Å². The second kappa shape index (κ2) is 12.4. The van der Waals surface area contributed by atoms with Crippen molar-refractivity contribution in [3.63, 3.8) is 0 Å². The van der Waals surface area contributed by atoms with Crippen LogP contribution in [0, 0.1) is 17.2 Å². The van der Waals surface area contributed by atoms with E-state index < -0.39 is 5.60 Å². The highest BCUT2D eigenvalue weighted by molar-refractivity contribution is 7.17. The number of carbonyl (C=O) groups is 2. The normalized spacial score (nSPS) is 17.3. The Balaban J connectivity index is 1.28. The molecule has 228 valence electrons. The number of anilines is 1. The molecular weight excluding hydrogens is 578 g/mol. The van der Waals surface area contributed by atoms with E-state index in [4.69, 9.17) is 9.40 Å². The zero-order chi connectivity index (χ0) is 30.8. The van der Waals surface area contributed by atoms with Crippen molar-refractivity contribution in [3.8, 4) is 16.7 Å². The first-order valence-corrected chi connectivity index (χ1v) is 15.7. The molecule has 3 N–H and O–H groups in total. The number of amides is 2. The van der Waals surface area contributed by atoms with Crippen LogP contribution in [-0.4, -0.2) is 61.1 Å². The summed E-state index contributed by atoms with van der Waals surface area (Å²) in [4.78, 5) is 38.7. The van der Waals surface area contributed by atoms with Crippen LogP contribution in [0.3, 0.4) is 0 Å². The molecule has 0 bridgehead atoms. The molecule has 2 fully saturated rings. The lowest BCUT2D eigenvalue weighted by Gasteiger charge is -2.26. The molecule has 1 saturated carbocycles. The largest absolute Gasteiger partial charge is 0.443 e. The highest BCUT2D eigenvalue weighted by Gasteiger charge is 2.33. The number of allylic oxidation sites excluding steroid dienone is 1. The number of aliphatic hydroxyl groups is 1. The number of hydrogen-bond acceptors (Lipinski definition) is 9. The molecule has 1 aliphatic carbocycles. The number of oxazole rings is 1. The molecule has 0 spiro atoms. The molecule has 12 heteroatoms. The number of thiophene rings is 1. The van der Waals surface area contributed by atoms with Gasteiger partial charge in [0, 0.05) is 26.2 Å². The van der Waals surface area contributed by atoms with Gasteiger partial charge in [-0.05, 0) is 75.3 Å². The number of hydrogen-bond donors (Lipinski definition) is 3.